The second-order valence-corrected chi connectivity index (χ2v) is 11.1. The maximum Gasteiger partial charge on any atom is 0.410 e. The number of dihydropyridines is 1. The summed E-state index contributed by atoms with van der Waals surface area (Å²) in [5.74, 6) is -3.54. The molecule has 1 unspecified atom stereocenters. The van der Waals surface area contributed by atoms with E-state index in [4.69, 9.17) is 14.2 Å². The van der Waals surface area contributed by atoms with Crippen LogP contribution in [-0.2, 0) is 25.4 Å². The molecule has 0 bridgehead atoms. The van der Waals surface area contributed by atoms with E-state index in [2.05, 4.69) is 15.3 Å². The fraction of sp³-hybridized carbons (Fsp3) is 0.452. The molecule has 1 N–H and O–H groups in total. The third-order valence-corrected chi connectivity index (χ3v) is 6.84. The summed E-state index contributed by atoms with van der Waals surface area (Å²) in [5.41, 5.74) is 0.863. The second-order valence-electron chi connectivity index (χ2n) is 11.1. The predicted molar refractivity (Wildman–Crippen MR) is 152 cm³/mol. The maximum absolute atomic E-state index is 14.7. The van der Waals surface area contributed by atoms with Gasteiger partial charge in [0.2, 0.25) is 0 Å². The molecule has 3 heterocycles. The van der Waals surface area contributed by atoms with Crippen LogP contribution in [0.15, 0.2) is 53.6 Å². The van der Waals surface area contributed by atoms with Crippen LogP contribution in [-0.4, -0.2) is 64.3 Å². The zero-order valence-electron chi connectivity index (χ0n) is 24.9. The molecular weight excluding hydrogens is 562 g/mol. The predicted octanol–water partition coefficient (Wildman–Crippen LogP) is 4.96. The molecule has 2 aromatic rings. The Kier molecular flexibility index (Phi) is 9.77. The summed E-state index contributed by atoms with van der Waals surface area (Å²) in [5, 5.41) is 3.28. The molecule has 0 aliphatic carbocycles. The summed E-state index contributed by atoms with van der Waals surface area (Å²) < 4.78 is 44.5. The van der Waals surface area contributed by atoms with Gasteiger partial charge in [-0.2, -0.15) is 0 Å². The van der Waals surface area contributed by atoms with Crippen molar-refractivity contribution < 1.29 is 37.4 Å². The van der Waals surface area contributed by atoms with Crippen molar-refractivity contribution in [2.45, 2.75) is 71.4 Å². The minimum Gasteiger partial charge on any atom is -0.463 e. The van der Waals surface area contributed by atoms with Crippen molar-refractivity contribution in [1.29, 1.82) is 0 Å². The van der Waals surface area contributed by atoms with Crippen LogP contribution >= 0.6 is 0 Å². The van der Waals surface area contributed by atoms with Crippen molar-refractivity contribution >= 4 is 18.0 Å². The van der Waals surface area contributed by atoms with Crippen LogP contribution in [0.1, 0.15) is 75.1 Å². The summed E-state index contributed by atoms with van der Waals surface area (Å²) in [6.45, 7) is 9.31. The van der Waals surface area contributed by atoms with Crippen molar-refractivity contribution in [3.8, 4) is 0 Å². The molecule has 12 heteroatoms. The lowest BCUT2D eigenvalue weighted by atomic mass is 9.86. The highest BCUT2D eigenvalue weighted by Crippen LogP contribution is 2.38. The molecular formula is C31H36F2N4O6. The zero-order valence-corrected chi connectivity index (χ0v) is 24.9. The molecule has 4 rings (SSSR count). The first kappa shape index (κ1) is 31.6. The first-order valence-corrected chi connectivity index (χ1v) is 14.2. The molecule has 1 amide bonds. The number of benzene rings is 1. The zero-order chi connectivity index (χ0) is 31.3. The molecule has 1 saturated heterocycles. The number of amides is 1. The number of nitrogens with one attached hydrogen (secondary N) is 1. The largest absolute Gasteiger partial charge is 0.463 e. The lowest BCUT2D eigenvalue weighted by Crippen LogP contribution is -2.45. The Labute approximate surface area is 249 Å². The molecule has 230 valence electrons. The number of halogens is 2. The fourth-order valence-electron chi connectivity index (χ4n) is 5.06. The van der Waals surface area contributed by atoms with Crippen molar-refractivity contribution in [2.75, 3.05) is 19.8 Å². The number of aromatic nitrogens is 2. The third-order valence-electron chi connectivity index (χ3n) is 6.84. The van der Waals surface area contributed by atoms with Crippen LogP contribution in [0, 0.1) is 11.6 Å². The van der Waals surface area contributed by atoms with Crippen LogP contribution in [0.5, 0.6) is 0 Å². The van der Waals surface area contributed by atoms with E-state index >= 15 is 0 Å². The van der Waals surface area contributed by atoms with Crippen molar-refractivity contribution in [1.82, 2.24) is 20.2 Å². The molecule has 1 aromatic carbocycles. The molecule has 2 aliphatic rings. The minimum absolute atomic E-state index is 0.00842. The summed E-state index contributed by atoms with van der Waals surface area (Å²) in [7, 11) is 0. The van der Waals surface area contributed by atoms with Crippen LogP contribution in [0.3, 0.4) is 0 Å². The average Bonchev–Trinajstić information content (AvgIpc) is 3.44. The van der Waals surface area contributed by atoms with Gasteiger partial charge in [0, 0.05) is 30.4 Å². The Morgan fingerprint density at radius 3 is 2.40 bits per heavy atom. The number of hydrogen-bond donors (Lipinski definition) is 1. The van der Waals surface area contributed by atoms with Crippen molar-refractivity contribution in [3.05, 3.63) is 82.2 Å². The first-order valence-electron chi connectivity index (χ1n) is 14.2. The summed E-state index contributed by atoms with van der Waals surface area (Å²) in [6.07, 6.45) is 4.97. The number of allylic oxidation sites excluding steroid dienone is 2. The number of carbonyl (C=O) groups is 3. The smallest absolute Gasteiger partial charge is 0.410 e. The van der Waals surface area contributed by atoms with Crippen LogP contribution in [0.4, 0.5) is 13.6 Å². The van der Waals surface area contributed by atoms with Crippen LogP contribution in [0.2, 0.25) is 0 Å². The normalized spacial score (nSPS) is 18.6. The van der Waals surface area contributed by atoms with Crippen LogP contribution < -0.4 is 5.32 Å². The SMILES string of the molecule is CCOC(=O)C1=C([C@@H]2CCCN2C(=O)OC(C)(C)C)NC(Cc2ccc(F)cc2F)=CC1c1cnc(C(=O)OCC)cn1. The number of rotatable bonds is 8. The topological polar surface area (TPSA) is 120 Å². The second kappa shape index (κ2) is 13.3. The van der Waals surface area contributed by atoms with Gasteiger partial charge >= 0.3 is 18.0 Å². The van der Waals surface area contributed by atoms with E-state index in [-0.39, 0.29) is 36.5 Å². The molecule has 43 heavy (non-hydrogen) atoms. The van der Waals surface area contributed by atoms with E-state index < -0.39 is 47.2 Å². The van der Waals surface area contributed by atoms with Gasteiger partial charge in [-0.15, -0.1) is 0 Å². The molecule has 1 aromatic heterocycles. The third kappa shape index (κ3) is 7.54. The van der Waals surface area contributed by atoms with Gasteiger partial charge in [-0.3, -0.25) is 9.88 Å². The number of nitrogens with zero attached hydrogens (tertiary/aromatic N) is 3. The average molecular weight is 599 g/mol. The number of carbonyl (C=O) groups excluding carboxylic acids is 3. The molecule has 2 aliphatic heterocycles. The number of likely N-dealkylation sites (tertiary alicyclic amines) is 1. The van der Waals surface area contributed by atoms with Gasteiger partial charge in [-0.25, -0.2) is 28.1 Å². The van der Waals surface area contributed by atoms with E-state index in [0.29, 0.717) is 36.5 Å². The van der Waals surface area contributed by atoms with Gasteiger partial charge < -0.3 is 19.5 Å². The van der Waals surface area contributed by atoms with E-state index in [1.165, 1.54) is 24.5 Å². The maximum atomic E-state index is 14.7. The highest BCUT2D eigenvalue weighted by molar-refractivity contribution is 5.92. The Morgan fingerprint density at radius 1 is 1.05 bits per heavy atom. The van der Waals surface area contributed by atoms with Gasteiger partial charge in [0.25, 0.3) is 0 Å². The molecule has 1 fully saturated rings. The van der Waals surface area contributed by atoms with E-state index in [1.807, 2.05) is 0 Å². The van der Waals surface area contributed by atoms with E-state index in [1.54, 1.807) is 45.6 Å². The lowest BCUT2D eigenvalue weighted by Gasteiger charge is -2.35. The van der Waals surface area contributed by atoms with E-state index in [0.717, 1.165) is 6.07 Å². The van der Waals surface area contributed by atoms with Gasteiger partial charge in [0.1, 0.15) is 17.2 Å². The quantitative estimate of drug-likeness (QED) is 0.332. The summed E-state index contributed by atoms with van der Waals surface area (Å²) in [6, 6.07) is 2.73. The van der Waals surface area contributed by atoms with Crippen molar-refractivity contribution in [2.24, 2.45) is 0 Å². The molecule has 2 atom stereocenters. The fourth-order valence-corrected chi connectivity index (χ4v) is 5.06. The molecule has 0 spiro atoms. The minimum atomic E-state index is -0.835. The summed E-state index contributed by atoms with van der Waals surface area (Å²) >= 11 is 0. The van der Waals surface area contributed by atoms with Crippen LogP contribution in [0.25, 0.3) is 0 Å². The Hall–Kier alpha value is -4.35. The number of ether oxygens (including phenoxy) is 3. The van der Waals surface area contributed by atoms with Crippen molar-refractivity contribution in [3.63, 3.8) is 0 Å². The molecule has 10 nitrogen and oxygen atoms in total. The lowest BCUT2D eigenvalue weighted by molar-refractivity contribution is -0.138. The highest BCUT2D eigenvalue weighted by Gasteiger charge is 2.41. The standard InChI is InChI=1S/C31H36F2N4O6/c1-6-41-28(38)24-17-34-23(16-35-24)21-15-20(13-18-10-11-19(32)14-22(18)33)36-27(26(21)29(39)42-7-2)25-9-8-12-37(25)30(40)43-31(3,4)5/h10-11,14-17,21,25,36H,6-9,12-13H2,1-5H3/t21?,25-/m0/s1. The highest BCUT2D eigenvalue weighted by atomic mass is 19.1. The number of esters is 2. The van der Waals surface area contributed by atoms with Gasteiger partial charge in [0.15, 0.2) is 5.69 Å². The van der Waals surface area contributed by atoms with Gasteiger partial charge in [-0.1, -0.05) is 12.1 Å². The summed E-state index contributed by atoms with van der Waals surface area (Å²) in [4.78, 5) is 49.2. The van der Waals surface area contributed by atoms with Gasteiger partial charge in [0.05, 0.1) is 48.8 Å². The molecule has 0 saturated carbocycles. The first-order chi connectivity index (χ1) is 20.4. The Balaban J connectivity index is 1.83. The van der Waals surface area contributed by atoms with E-state index in [9.17, 15) is 23.2 Å². The molecule has 0 radical (unpaired) electrons. The monoisotopic (exact) mass is 598 g/mol. The Bertz CT molecular complexity index is 1430. The van der Waals surface area contributed by atoms with Gasteiger partial charge in [-0.05, 0) is 59.1 Å². The Morgan fingerprint density at radius 2 is 1.77 bits per heavy atom. The number of hydrogen-bond acceptors (Lipinski definition) is 9.